The number of benzene rings is 1. The van der Waals surface area contributed by atoms with Gasteiger partial charge < -0.3 is 20.5 Å². The van der Waals surface area contributed by atoms with Gasteiger partial charge in [0.25, 0.3) is 0 Å². The van der Waals surface area contributed by atoms with E-state index in [9.17, 15) is 4.79 Å². The van der Waals surface area contributed by atoms with Crippen LogP contribution in [-0.2, 0) is 7.05 Å². The second-order valence-electron chi connectivity index (χ2n) is 10.3. The summed E-state index contributed by atoms with van der Waals surface area (Å²) in [7, 11) is 1.46. The summed E-state index contributed by atoms with van der Waals surface area (Å²) in [5.74, 6) is 0.0208. The van der Waals surface area contributed by atoms with Crippen LogP contribution in [-0.4, -0.2) is 77.1 Å². The van der Waals surface area contributed by atoms with Crippen LogP contribution in [0.15, 0.2) is 23.1 Å². The van der Waals surface area contributed by atoms with Crippen molar-refractivity contribution in [3.8, 4) is 11.4 Å². The van der Waals surface area contributed by atoms with E-state index < -0.39 is 11.5 Å². The van der Waals surface area contributed by atoms with Gasteiger partial charge in [-0.05, 0) is 57.4 Å². The number of fused-ring (bicyclic) bond motifs is 1. The molecule has 38 heavy (non-hydrogen) atoms. The number of nitrogens with one attached hydrogen (secondary N) is 2. The predicted octanol–water partition coefficient (Wildman–Crippen LogP) is 2.48. The second kappa shape index (κ2) is 10.5. The fourth-order valence-electron chi connectivity index (χ4n) is 5.53. The van der Waals surface area contributed by atoms with Gasteiger partial charge in [0.1, 0.15) is 23.1 Å². The molecule has 0 spiro atoms. The van der Waals surface area contributed by atoms with E-state index in [1.165, 1.54) is 36.9 Å². The number of aromatic nitrogens is 6. The van der Waals surface area contributed by atoms with Crippen molar-refractivity contribution >= 4 is 29.1 Å². The number of halogens is 2. The first kappa shape index (κ1) is 26.3. The molecule has 2 aromatic heterocycles. The second-order valence-corrected chi connectivity index (χ2v) is 10.7. The molecule has 2 aliphatic heterocycles. The molecule has 0 radical (unpaired) electrons. The summed E-state index contributed by atoms with van der Waals surface area (Å²) in [6.07, 6.45) is 5.80. The van der Waals surface area contributed by atoms with E-state index >= 15 is 4.39 Å². The number of aliphatic hydroxyl groups excluding tert-OH is 1. The first-order valence-corrected chi connectivity index (χ1v) is 12.9. The number of ether oxygens (including phenoxy) is 1. The van der Waals surface area contributed by atoms with Crippen LogP contribution in [0.25, 0.3) is 5.69 Å². The van der Waals surface area contributed by atoms with Gasteiger partial charge in [0.05, 0.1) is 18.5 Å². The molecule has 204 valence electrons. The van der Waals surface area contributed by atoms with Crippen molar-refractivity contribution in [1.82, 2.24) is 34.7 Å². The Morgan fingerprint density at radius 1 is 1.34 bits per heavy atom. The lowest BCUT2D eigenvalue weighted by molar-refractivity contribution is 0.0501. The third kappa shape index (κ3) is 5.18. The van der Waals surface area contributed by atoms with Crippen LogP contribution in [0.2, 0.25) is 5.02 Å². The van der Waals surface area contributed by atoms with Crippen molar-refractivity contribution in [3.63, 3.8) is 0 Å². The molecular formula is C24H31ClFN9O3. The average molecular weight is 548 g/mol. The largest absolute Gasteiger partial charge is 0.489 e. The third-order valence-corrected chi connectivity index (χ3v) is 7.45. The maximum absolute atomic E-state index is 15.1. The smallest absolute Gasteiger partial charge is 0.383 e. The predicted molar refractivity (Wildman–Crippen MR) is 140 cm³/mol. The summed E-state index contributed by atoms with van der Waals surface area (Å²) in [5.41, 5.74) is -0.274. The van der Waals surface area contributed by atoms with E-state index in [2.05, 4.69) is 49.7 Å². The number of aliphatic hydroxyl groups is 1. The molecule has 2 aliphatic rings. The van der Waals surface area contributed by atoms with Gasteiger partial charge >= 0.3 is 5.69 Å². The Kier molecular flexibility index (Phi) is 7.25. The Morgan fingerprint density at radius 3 is 2.89 bits per heavy atom. The Hall–Kier alpha value is -3.29. The lowest BCUT2D eigenvalue weighted by Crippen LogP contribution is -2.55. The van der Waals surface area contributed by atoms with Crippen molar-refractivity contribution in [2.45, 2.75) is 57.2 Å². The van der Waals surface area contributed by atoms with Gasteiger partial charge in [-0.15, -0.1) is 4.80 Å². The van der Waals surface area contributed by atoms with Gasteiger partial charge in [0, 0.05) is 30.7 Å². The summed E-state index contributed by atoms with van der Waals surface area (Å²) in [5, 5.41) is 23.2. The highest BCUT2D eigenvalue weighted by Gasteiger charge is 2.43. The number of rotatable bonds is 8. The highest BCUT2D eigenvalue weighted by Crippen LogP contribution is 2.39. The molecule has 2 fully saturated rings. The molecule has 2 atom stereocenters. The molecule has 4 heterocycles. The average Bonchev–Trinajstić information content (AvgIpc) is 3.48. The minimum Gasteiger partial charge on any atom is -0.489 e. The van der Waals surface area contributed by atoms with Gasteiger partial charge in [-0.25, -0.2) is 18.9 Å². The standard InChI is InChI=1S/C24H31ClFN9O3/c1-24(2)12-14(9-15-5-4-6-34(15)24)28-21-16(25)13-27-22(30-21)29-18-11-19(35-32-31-23(37)33(35)3)20(10-17(18)26)38-8-7-36/h10-11,13-15,36H,4-9,12H2,1-3H3,(H2,27,28,29,30)/t14-,15+/m1/s1. The van der Waals surface area contributed by atoms with E-state index in [0.29, 0.717) is 16.9 Å². The van der Waals surface area contributed by atoms with Gasteiger partial charge in [-0.3, -0.25) is 4.90 Å². The monoisotopic (exact) mass is 547 g/mol. The number of hydrogen-bond acceptors (Lipinski definition) is 10. The number of anilines is 3. The van der Waals surface area contributed by atoms with E-state index in [4.69, 9.17) is 21.4 Å². The van der Waals surface area contributed by atoms with Crippen molar-refractivity contribution in [2.75, 3.05) is 30.4 Å². The lowest BCUT2D eigenvalue weighted by Gasteiger charge is -2.47. The molecule has 3 aromatic rings. The Morgan fingerprint density at radius 2 is 2.16 bits per heavy atom. The van der Waals surface area contributed by atoms with Crippen molar-refractivity contribution in [3.05, 3.63) is 39.7 Å². The zero-order valence-corrected chi connectivity index (χ0v) is 22.2. The van der Waals surface area contributed by atoms with Gasteiger partial charge in [-0.2, -0.15) is 4.98 Å². The van der Waals surface area contributed by atoms with Crippen LogP contribution in [0.1, 0.15) is 39.5 Å². The minimum atomic E-state index is -0.657. The first-order valence-electron chi connectivity index (χ1n) is 12.6. The van der Waals surface area contributed by atoms with Crippen molar-refractivity contribution in [2.24, 2.45) is 7.05 Å². The van der Waals surface area contributed by atoms with E-state index in [1.54, 1.807) is 0 Å². The zero-order valence-electron chi connectivity index (χ0n) is 21.5. The van der Waals surface area contributed by atoms with Crippen molar-refractivity contribution < 1.29 is 14.2 Å². The van der Waals surface area contributed by atoms with Crippen LogP contribution < -0.4 is 21.1 Å². The fraction of sp³-hybridized carbons (Fsp3) is 0.542. The van der Waals surface area contributed by atoms with Crippen LogP contribution in [0.5, 0.6) is 5.75 Å². The lowest BCUT2D eigenvalue weighted by atomic mass is 9.84. The van der Waals surface area contributed by atoms with Gasteiger partial charge in [-0.1, -0.05) is 16.7 Å². The molecule has 12 nitrogen and oxygen atoms in total. The number of piperidine rings is 1. The summed E-state index contributed by atoms with van der Waals surface area (Å²) in [6.45, 7) is 5.32. The highest BCUT2D eigenvalue weighted by atomic mass is 35.5. The molecule has 0 aliphatic carbocycles. The van der Waals surface area contributed by atoms with Crippen LogP contribution >= 0.6 is 11.6 Å². The van der Waals surface area contributed by atoms with E-state index in [0.717, 1.165) is 30.1 Å². The fourth-order valence-corrected chi connectivity index (χ4v) is 5.67. The van der Waals surface area contributed by atoms with Gasteiger partial charge in [0.2, 0.25) is 5.95 Å². The highest BCUT2D eigenvalue weighted by molar-refractivity contribution is 6.32. The third-order valence-electron chi connectivity index (χ3n) is 7.18. The SMILES string of the molecule is Cn1c(=O)nnn1-c1cc(Nc2ncc(Cl)c(N[C@@H]3C[C@@H]4CCCN4C(C)(C)C3)n2)c(F)cc1OCCO. The Labute approximate surface area is 223 Å². The zero-order chi connectivity index (χ0) is 27.0. The molecular weight excluding hydrogens is 517 g/mol. The quantitative estimate of drug-likeness (QED) is 0.386. The number of hydrogen-bond donors (Lipinski definition) is 3. The molecule has 0 unspecified atom stereocenters. The summed E-state index contributed by atoms with van der Waals surface area (Å²) in [6, 6.07) is 3.25. The van der Waals surface area contributed by atoms with E-state index in [1.807, 2.05) is 0 Å². The number of nitrogens with zero attached hydrogens (tertiary/aromatic N) is 7. The summed E-state index contributed by atoms with van der Waals surface area (Å²) < 4.78 is 21.7. The normalized spacial score (nSPS) is 20.8. The molecule has 0 bridgehead atoms. The first-order chi connectivity index (χ1) is 18.2. The molecule has 0 saturated carbocycles. The molecule has 14 heteroatoms. The summed E-state index contributed by atoms with van der Waals surface area (Å²) >= 11 is 6.44. The minimum absolute atomic E-state index is 0.0213. The Balaban J connectivity index is 1.41. The van der Waals surface area contributed by atoms with Gasteiger partial charge in [0.15, 0.2) is 11.6 Å². The van der Waals surface area contributed by atoms with Crippen LogP contribution in [0.3, 0.4) is 0 Å². The summed E-state index contributed by atoms with van der Waals surface area (Å²) in [4.78, 5) is 24.4. The maximum atomic E-state index is 15.1. The van der Waals surface area contributed by atoms with E-state index in [-0.39, 0.29) is 47.9 Å². The number of tetrazole rings is 1. The topological polar surface area (TPSA) is 135 Å². The molecule has 1 aromatic carbocycles. The molecule has 2 saturated heterocycles. The van der Waals surface area contributed by atoms with Crippen LogP contribution in [0.4, 0.5) is 21.8 Å². The Bertz CT molecular complexity index is 1380. The molecule has 5 rings (SSSR count). The van der Waals surface area contributed by atoms with Crippen molar-refractivity contribution in [1.29, 1.82) is 0 Å². The molecule has 0 amide bonds. The molecule has 3 N–H and O–H groups in total. The van der Waals surface area contributed by atoms with Crippen LogP contribution in [0, 0.1) is 5.82 Å². The maximum Gasteiger partial charge on any atom is 0.383 e.